The average Bonchev–Trinajstić information content (AvgIpc) is 2.50. The average molecular weight is 390 g/mol. The van der Waals surface area contributed by atoms with Crippen molar-refractivity contribution in [2.75, 3.05) is 13.1 Å². The molecule has 0 aliphatic carbocycles. The predicted octanol–water partition coefficient (Wildman–Crippen LogP) is 3.72. The third kappa shape index (κ3) is 3.58. The van der Waals surface area contributed by atoms with E-state index in [0.29, 0.717) is 11.6 Å². The minimum Gasteiger partial charge on any atom is -0.371 e. The molecule has 8 heteroatoms. The molecule has 0 N–H and O–H groups in total. The summed E-state index contributed by atoms with van der Waals surface area (Å²) in [6.45, 7) is 0.796. The molecule has 0 spiro atoms. The van der Waals surface area contributed by atoms with Gasteiger partial charge in [-0.25, -0.2) is 12.8 Å². The van der Waals surface area contributed by atoms with E-state index in [1.165, 1.54) is 10.4 Å². The number of ether oxygens (including phenoxy) is 1. The normalized spacial score (nSPS) is 16.1. The third-order valence-corrected chi connectivity index (χ3v) is 6.26. The molecule has 24 heavy (non-hydrogen) atoms. The van der Waals surface area contributed by atoms with Crippen molar-refractivity contribution in [3.05, 3.63) is 63.9 Å². The molecule has 1 aliphatic heterocycles. The standard InChI is InChI=1S/C16H14Cl2FNO3S/c17-14-4-2-1-3-11(14)10-23-12-8-20(9-12)24(21,22)13-5-6-16(19)15(18)7-13/h1-7,12H,8-10H2. The van der Waals surface area contributed by atoms with E-state index in [2.05, 4.69) is 0 Å². The second-order valence-corrected chi connectivity index (χ2v) is 8.17. The van der Waals surface area contributed by atoms with E-state index in [0.717, 1.165) is 17.7 Å². The third-order valence-electron chi connectivity index (χ3n) is 3.78. The lowest BCUT2D eigenvalue weighted by molar-refractivity contribution is -0.0295. The highest BCUT2D eigenvalue weighted by atomic mass is 35.5. The van der Waals surface area contributed by atoms with Crippen LogP contribution in [0.3, 0.4) is 0 Å². The van der Waals surface area contributed by atoms with Crippen molar-refractivity contribution in [3.63, 3.8) is 0 Å². The minimum absolute atomic E-state index is 0.0292. The molecular formula is C16H14Cl2FNO3S. The van der Waals surface area contributed by atoms with Crippen LogP contribution in [0.5, 0.6) is 0 Å². The van der Waals surface area contributed by atoms with E-state index in [4.69, 9.17) is 27.9 Å². The van der Waals surface area contributed by atoms with Crippen molar-refractivity contribution in [2.24, 2.45) is 0 Å². The predicted molar refractivity (Wildman–Crippen MR) is 90.2 cm³/mol. The molecule has 0 aromatic heterocycles. The summed E-state index contributed by atoms with van der Waals surface area (Å²) in [5.74, 6) is -0.653. The zero-order valence-corrected chi connectivity index (χ0v) is 14.8. The van der Waals surface area contributed by atoms with Crippen LogP contribution in [0.25, 0.3) is 0 Å². The van der Waals surface area contributed by atoms with Gasteiger partial charge in [0.15, 0.2) is 0 Å². The highest BCUT2D eigenvalue weighted by Crippen LogP contribution is 2.27. The second-order valence-electron chi connectivity index (χ2n) is 5.42. The van der Waals surface area contributed by atoms with Crippen molar-refractivity contribution >= 4 is 33.2 Å². The fraction of sp³-hybridized carbons (Fsp3) is 0.250. The maximum Gasteiger partial charge on any atom is 0.243 e. The molecule has 0 atom stereocenters. The molecular weight excluding hydrogens is 376 g/mol. The van der Waals surface area contributed by atoms with Gasteiger partial charge in [-0.3, -0.25) is 0 Å². The van der Waals surface area contributed by atoms with Gasteiger partial charge in [0.1, 0.15) is 5.82 Å². The molecule has 0 bridgehead atoms. The molecule has 1 heterocycles. The SMILES string of the molecule is O=S(=O)(c1ccc(F)c(Cl)c1)N1CC(OCc2ccccc2Cl)C1. The summed E-state index contributed by atoms with van der Waals surface area (Å²) in [7, 11) is -3.69. The molecule has 128 valence electrons. The van der Waals surface area contributed by atoms with Gasteiger partial charge in [0.05, 0.1) is 22.6 Å². The van der Waals surface area contributed by atoms with E-state index >= 15 is 0 Å². The molecule has 2 aromatic rings. The van der Waals surface area contributed by atoms with Gasteiger partial charge in [0, 0.05) is 18.1 Å². The Balaban J connectivity index is 1.59. The van der Waals surface area contributed by atoms with Crippen LogP contribution in [0.2, 0.25) is 10.0 Å². The van der Waals surface area contributed by atoms with Gasteiger partial charge in [-0.05, 0) is 29.8 Å². The van der Waals surface area contributed by atoms with Crippen LogP contribution >= 0.6 is 23.2 Å². The van der Waals surface area contributed by atoms with Crippen LogP contribution in [-0.2, 0) is 21.4 Å². The number of rotatable bonds is 5. The van der Waals surface area contributed by atoms with Crippen molar-refractivity contribution in [3.8, 4) is 0 Å². The topological polar surface area (TPSA) is 46.6 Å². The highest BCUT2D eigenvalue weighted by Gasteiger charge is 2.37. The second kappa shape index (κ2) is 6.98. The molecule has 0 amide bonds. The number of hydrogen-bond acceptors (Lipinski definition) is 3. The van der Waals surface area contributed by atoms with Gasteiger partial charge in [-0.2, -0.15) is 4.31 Å². The highest BCUT2D eigenvalue weighted by molar-refractivity contribution is 7.89. The zero-order valence-electron chi connectivity index (χ0n) is 12.5. The van der Waals surface area contributed by atoms with Crippen LogP contribution in [0.15, 0.2) is 47.4 Å². The van der Waals surface area contributed by atoms with Crippen LogP contribution in [0, 0.1) is 5.82 Å². The smallest absolute Gasteiger partial charge is 0.243 e. The Hall–Kier alpha value is -1.18. The van der Waals surface area contributed by atoms with Crippen molar-refractivity contribution in [2.45, 2.75) is 17.6 Å². The van der Waals surface area contributed by atoms with Gasteiger partial charge in [0.2, 0.25) is 10.0 Å². The maximum atomic E-state index is 13.2. The lowest BCUT2D eigenvalue weighted by atomic mass is 10.2. The molecule has 0 radical (unpaired) electrons. The molecule has 0 unspecified atom stereocenters. The van der Waals surface area contributed by atoms with Gasteiger partial charge in [0.25, 0.3) is 0 Å². The summed E-state index contributed by atoms with van der Waals surface area (Å²) in [4.78, 5) is -0.0292. The van der Waals surface area contributed by atoms with Crippen LogP contribution in [0.4, 0.5) is 4.39 Å². The van der Waals surface area contributed by atoms with Gasteiger partial charge in [-0.1, -0.05) is 41.4 Å². The van der Waals surface area contributed by atoms with E-state index in [1.807, 2.05) is 18.2 Å². The Labute approximate surface area is 149 Å². The minimum atomic E-state index is -3.69. The van der Waals surface area contributed by atoms with Crippen molar-refractivity contribution < 1.29 is 17.5 Å². The van der Waals surface area contributed by atoms with E-state index < -0.39 is 15.8 Å². The van der Waals surface area contributed by atoms with E-state index in [1.54, 1.807) is 6.07 Å². The summed E-state index contributed by atoms with van der Waals surface area (Å²) in [5.41, 5.74) is 0.853. The number of benzene rings is 2. The molecule has 1 fully saturated rings. The summed E-state index contributed by atoms with van der Waals surface area (Å²) in [5, 5.41) is 0.394. The summed E-state index contributed by atoms with van der Waals surface area (Å²) in [6, 6.07) is 10.7. The van der Waals surface area contributed by atoms with E-state index in [-0.39, 0.29) is 29.1 Å². The monoisotopic (exact) mass is 389 g/mol. The fourth-order valence-corrected chi connectivity index (χ4v) is 4.28. The maximum absolute atomic E-state index is 13.2. The number of sulfonamides is 1. The van der Waals surface area contributed by atoms with Crippen LogP contribution in [0.1, 0.15) is 5.56 Å². The van der Waals surface area contributed by atoms with E-state index in [9.17, 15) is 12.8 Å². The van der Waals surface area contributed by atoms with Crippen LogP contribution < -0.4 is 0 Å². The first-order valence-corrected chi connectivity index (χ1v) is 9.38. The first kappa shape index (κ1) is 17.6. The van der Waals surface area contributed by atoms with Crippen molar-refractivity contribution in [1.29, 1.82) is 0 Å². The summed E-state index contributed by atoms with van der Waals surface area (Å²) in [6.07, 6.45) is -0.202. The van der Waals surface area contributed by atoms with Gasteiger partial charge >= 0.3 is 0 Å². The van der Waals surface area contributed by atoms with Crippen molar-refractivity contribution in [1.82, 2.24) is 4.31 Å². The zero-order chi connectivity index (χ0) is 17.3. The quantitative estimate of drug-likeness (QED) is 0.782. The van der Waals surface area contributed by atoms with Crippen LogP contribution in [-0.4, -0.2) is 31.9 Å². The lowest BCUT2D eigenvalue weighted by Crippen LogP contribution is -2.54. The Morgan fingerprint density at radius 3 is 2.50 bits per heavy atom. The molecule has 0 saturated carbocycles. The fourth-order valence-electron chi connectivity index (χ4n) is 2.31. The Morgan fingerprint density at radius 1 is 1.12 bits per heavy atom. The summed E-state index contributed by atoms with van der Waals surface area (Å²) >= 11 is 11.7. The van der Waals surface area contributed by atoms with Gasteiger partial charge in [-0.15, -0.1) is 0 Å². The number of nitrogens with zero attached hydrogens (tertiary/aromatic N) is 1. The first-order valence-electron chi connectivity index (χ1n) is 7.18. The Bertz CT molecular complexity index is 854. The molecule has 1 aliphatic rings. The molecule has 4 nitrogen and oxygen atoms in total. The summed E-state index contributed by atoms with van der Waals surface area (Å²) < 4.78 is 45.0. The Kier molecular flexibility index (Phi) is 5.13. The first-order chi connectivity index (χ1) is 11.4. The van der Waals surface area contributed by atoms with Gasteiger partial charge < -0.3 is 4.74 Å². The largest absolute Gasteiger partial charge is 0.371 e. The lowest BCUT2D eigenvalue weighted by Gasteiger charge is -2.37. The molecule has 2 aromatic carbocycles. The Morgan fingerprint density at radius 2 is 1.83 bits per heavy atom. The molecule has 1 saturated heterocycles. The number of hydrogen-bond donors (Lipinski definition) is 0. The number of halogens is 3. The molecule has 3 rings (SSSR count).